The van der Waals surface area contributed by atoms with E-state index in [9.17, 15) is 26.4 Å². The van der Waals surface area contributed by atoms with Crippen LogP contribution in [0.5, 0.6) is 0 Å². The van der Waals surface area contributed by atoms with Crippen LogP contribution in [0.25, 0.3) is 11.1 Å². The van der Waals surface area contributed by atoms with Crippen LogP contribution in [-0.2, 0) is 34.5 Å². The molecule has 1 amide bonds. The minimum Gasteiger partial charge on any atom is -0.368 e. The van der Waals surface area contributed by atoms with E-state index in [0.29, 0.717) is 10.6 Å². The van der Waals surface area contributed by atoms with Crippen molar-refractivity contribution in [2.75, 3.05) is 19.4 Å². The lowest BCUT2D eigenvalue weighted by Gasteiger charge is -2.13. The SMILES string of the molecule is CN(C)/C=N/S(=O)(=O)c1cc(NC(=O)Cc2ccccc2Cl)ccc1-c1cn(C)nc1C(F)(F)F. The van der Waals surface area contributed by atoms with Gasteiger partial charge in [0.15, 0.2) is 5.69 Å². The lowest BCUT2D eigenvalue weighted by Crippen LogP contribution is -2.15. The quantitative estimate of drug-likeness (QED) is 0.366. The smallest absolute Gasteiger partial charge is 0.368 e. The highest BCUT2D eigenvalue weighted by Gasteiger charge is 2.38. The second-order valence-corrected chi connectivity index (χ2v) is 9.76. The number of anilines is 1. The van der Waals surface area contributed by atoms with Crippen LogP contribution in [0.1, 0.15) is 11.3 Å². The van der Waals surface area contributed by atoms with Gasteiger partial charge in [0.2, 0.25) is 5.91 Å². The standard InChI is InChI=1S/C22H21ClF3N5O3S/c1-30(2)13-27-35(33,34)19-11-15(28-20(32)10-14-6-4-5-7-18(14)23)8-9-16(19)17-12-31(3)29-21(17)22(24,25)26/h4-9,11-13H,10H2,1-3H3,(H,28,32)/b27-13+. The van der Waals surface area contributed by atoms with Gasteiger partial charge in [-0.05, 0) is 23.8 Å². The van der Waals surface area contributed by atoms with Crippen LogP contribution in [0, 0.1) is 0 Å². The Bertz CT molecular complexity index is 1390. The number of benzene rings is 2. The predicted octanol–water partition coefficient (Wildman–Crippen LogP) is 4.22. The Labute approximate surface area is 205 Å². The Morgan fingerprint density at radius 2 is 1.89 bits per heavy atom. The zero-order valence-electron chi connectivity index (χ0n) is 18.8. The molecule has 0 aliphatic heterocycles. The molecule has 0 saturated heterocycles. The summed E-state index contributed by atoms with van der Waals surface area (Å²) >= 11 is 6.08. The summed E-state index contributed by atoms with van der Waals surface area (Å²) in [6.45, 7) is 0. The maximum Gasteiger partial charge on any atom is 0.435 e. The number of halogens is 4. The van der Waals surface area contributed by atoms with Crippen LogP contribution in [0.4, 0.5) is 18.9 Å². The van der Waals surface area contributed by atoms with Crippen LogP contribution < -0.4 is 5.32 Å². The van der Waals surface area contributed by atoms with E-state index >= 15 is 0 Å². The van der Waals surface area contributed by atoms with Gasteiger partial charge >= 0.3 is 6.18 Å². The largest absolute Gasteiger partial charge is 0.435 e. The third-order valence-electron chi connectivity index (χ3n) is 4.66. The van der Waals surface area contributed by atoms with E-state index < -0.39 is 38.3 Å². The highest BCUT2D eigenvalue weighted by atomic mass is 35.5. The third-order valence-corrected chi connectivity index (χ3v) is 6.29. The van der Waals surface area contributed by atoms with Crippen molar-refractivity contribution in [3.63, 3.8) is 0 Å². The number of carbonyl (C=O) groups excluding carboxylic acids is 1. The maximum atomic E-state index is 13.6. The number of nitrogens with zero attached hydrogens (tertiary/aromatic N) is 4. The van der Waals surface area contributed by atoms with E-state index in [1.807, 2.05) is 0 Å². The molecule has 186 valence electrons. The predicted molar refractivity (Wildman–Crippen MR) is 127 cm³/mol. The summed E-state index contributed by atoms with van der Waals surface area (Å²) in [6, 6.07) is 10.3. The molecule has 0 radical (unpaired) electrons. The van der Waals surface area contributed by atoms with Gasteiger partial charge in [-0.1, -0.05) is 35.9 Å². The zero-order chi connectivity index (χ0) is 26.0. The fourth-order valence-corrected chi connectivity index (χ4v) is 4.52. The summed E-state index contributed by atoms with van der Waals surface area (Å²) in [5.74, 6) is -0.497. The van der Waals surface area contributed by atoms with Crippen molar-refractivity contribution in [2.45, 2.75) is 17.5 Å². The summed E-state index contributed by atoms with van der Waals surface area (Å²) in [7, 11) is -0.0962. The van der Waals surface area contributed by atoms with Gasteiger partial charge < -0.3 is 10.2 Å². The molecule has 0 atom stereocenters. The molecule has 0 aliphatic rings. The molecule has 1 N–H and O–H groups in total. The van der Waals surface area contributed by atoms with Gasteiger partial charge in [-0.2, -0.15) is 26.7 Å². The monoisotopic (exact) mass is 527 g/mol. The van der Waals surface area contributed by atoms with Crippen molar-refractivity contribution in [2.24, 2.45) is 11.4 Å². The van der Waals surface area contributed by atoms with Crippen molar-refractivity contribution < 1.29 is 26.4 Å². The minimum absolute atomic E-state index is 0.0573. The second kappa shape index (κ2) is 10.1. The number of aryl methyl sites for hydroxylation is 1. The Morgan fingerprint density at radius 1 is 1.20 bits per heavy atom. The van der Waals surface area contributed by atoms with Crippen LogP contribution in [0.15, 0.2) is 58.0 Å². The van der Waals surface area contributed by atoms with Crippen LogP contribution in [-0.4, -0.2) is 49.4 Å². The summed E-state index contributed by atoms with van der Waals surface area (Å²) in [4.78, 5) is 13.4. The molecular weight excluding hydrogens is 507 g/mol. The summed E-state index contributed by atoms with van der Waals surface area (Å²) < 4.78 is 71.3. The number of nitrogens with one attached hydrogen (secondary N) is 1. The van der Waals surface area contributed by atoms with E-state index in [-0.39, 0.29) is 17.7 Å². The van der Waals surface area contributed by atoms with Crippen molar-refractivity contribution in [1.82, 2.24) is 14.7 Å². The van der Waals surface area contributed by atoms with Gasteiger partial charge in [0.1, 0.15) is 6.34 Å². The molecule has 3 rings (SSSR count). The van der Waals surface area contributed by atoms with Gasteiger partial charge in [-0.25, -0.2) is 0 Å². The zero-order valence-corrected chi connectivity index (χ0v) is 20.4. The lowest BCUT2D eigenvalue weighted by atomic mass is 10.1. The molecular formula is C22H21ClF3N5O3S. The molecule has 0 spiro atoms. The van der Waals surface area contributed by atoms with Crippen LogP contribution in [0.3, 0.4) is 0 Å². The molecule has 2 aromatic carbocycles. The van der Waals surface area contributed by atoms with Crippen LogP contribution >= 0.6 is 11.6 Å². The van der Waals surface area contributed by atoms with Crippen molar-refractivity contribution >= 4 is 39.6 Å². The first-order chi connectivity index (χ1) is 16.3. The molecule has 0 unspecified atom stereocenters. The minimum atomic E-state index is -4.83. The lowest BCUT2D eigenvalue weighted by molar-refractivity contribution is -0.141. The molecule has 1 heterocycles. The Kier molecular flexibility index (Phi) is 7.56. The van der Waals surface area contributed by atoms with Gasteiger partial charge in [0.05, 0.1) is 11.3 Å². The Morgan fingerprint density at radius 3 is 2.51 bits per heavy atom. The average molecular weight is 528 g/mol. The molecule has 1 aromatic heterocycles. The van der Waals surface area contributed by atoms with Crippen molar-refractivity contribution in [1.29, 1.82) is 0 Å². The maximum absolute atomic E-state index is 13.6. The second-order valence-electron chi connectivity index (χ2n) is 7.75. The summed E-state index contributed by atoms with van der Waals surface area (Å²) in [6.07, 6.45) is -2.84. The van der Waals surface area contributed by atoms with Gasteiger partial charge in [0.25, 0.3) is 10.0 Å². The number of amides is 1. The third kappa shape index (κ3) is 6.40. The topological polar surface area (TPSA) is 96.7 Å². The van der Waals surface area contributed by atoms with Gasteiger partial charge in [0, 0.05) is 49.2 Å². The highest BCUT2D eigenvalue weighted by molar-refractivity contribution is 7.90. The molecule has 0 aliphatic carbocycles. The Hall–Kier alpha value is -3.38. The number of carbonyl (C=O) groups is 1. The van der Waals surface area contributed by atoms with Gasteiger partial charge in [-0.3, -0.25) is 9.48 Å². The molecule has 13 heteroatoms. The first-order valence-electron chi connectivity index (χ1n) is 10.0. The van der Waals surface area contributed by atoms with Crippen molar-refractivity contribution in [3.8, 4) is 11.1 Å². The molecule has 0 saturated carbocycles. The number of alkyl halides is 3. The highest BCUT2D eigenvalue weighted by Crippen LogP contribution is 2.39. The average Bonchev–Trinajstić information content (AvgIpc) is 3.16. The van der Waals surface area contributed by atoms with E-state index in [1.54, 1.807) is 24.3 Å². The van der Waals surface area contributed by atoms with Gasteiger partial charge in [-0.15, -0.1) is 4.40 Å². The molecule has 35 heavy (non-hydrogen) atoms. The number of hydrogen-bond acceptors (Lipinski definition) is 4. The molecule has 0 bridgehead atoms. The summed E-state index contributed by atoms with van der Waals surface area (Å²) in [5.41, 5.74) is -1.33. The summed E-state index contributed by atoms with van der Waals surface area (Å²) in [5, 5.41) is 6.39. The fraction of sp³-hybridized carbons (Fsp3) is 0.227. The molecule has 3 aromatic rings. The molecule has 8 nitrogen and oxygen atoms in total. The van der Waals surface area contributed by atoms with E-state index in [2.05, 4.69) is 14.8 Å². The van der Waals surface area contributed by atoms with Crippen molar-refractivity contribution in [3.05, 3.63) is 64.9 Å². The Balaban J connectivity index is 2.08. The molecule has 0 fully saturated rings. The number of rotatable bonds is 7. The van der Waals surface area contributed by atoms with Crippen LogP contribution in [0.2, 0.25) is 5.02 Å². The van der Waals surface area contributed by atoms with E-state index in [4.69, 9.17) is 11.6 Å². The fourth-order valence-electron chi connectivity index (χ4n) is 3.16. The first kappa shape index (κ1) is 26.2. The normalized spacial score (nSPS) is 12.2. The number of hydrogen-bond donors (Lipinski definition) is 1. The number of sulfonamides is 1. The first-order valence-corrected chi connectivity index (χ1v) is 11.8. The van der Waals surface area contributed by atoms with E-state index in [1.165, 1.54) is 38.2 Å². The number of aromatic nitrogens is 2. The van der Waals surface area contributed by atoms with E-state index in [0.717, 1.165) is 23.3 Å².